The summed E-state index contributed by atoms with van der Waals surface area (Å²) in [6.45, 7) is 10.7. The number of hydrogen-bond acceptors (Lipinski definition) is 3. The van der Waals surface area contributed by atoms with Crippen LogP contribution in [0.5, 0.6) is 5.75 Å². The fourth-order valence-electron chi connectivity index (χ4n) is 3.71. The van der Waals surface area contributed by atoms with E-state index in [1.165, 1.54) is 24.1 Å². The minimum absolute atomic E-state index is 0.0261. The molecule has 1 heterocycles. The Labute approximate surface area is 168 Å². The van der Waals surface area contributed by atoms with Crippen molar-refractivity contribution in [2.24, 2.45) is 5.92 Å². The highest BCUT2D eigenvalue weighted by atomic mass is 16.5. The molecule has 1 saturated heterocycles. The van der Waals surface area contributed by atoms with E-state index in [9.17, 15) is 4.79 Å². The van der Waals surface area contributed by atoms with Gasteiger partial charge >= 0.3 is 0 Å². The summed E-state index contributed by atoms with van der Waals surface area (Å²) in [6, 6.07) is 14.5. The first-order valence-corrected chi connectivity index (χ1v) is 10.3. The first kappa shape index (κ1) is 20.2. The molecule has 1 unspecified atom stereocenters. The van der Waals surface area contributed by atoms with Crippen molar-refractivity contribution < 1.29 is 9.53 Å². The Balaban J connectivity index is 1.51. The van der Waals surface area contributed by atoms with Gasteiger partial charge in [0.15, 0.2) is 6.61 Å². The van der Waals surface area contributed by atoms with Crippen LogP contribution in [-0.2, 0) is 4.79 Å². The quantitative estimate of drug-likeness (QED) is 0.783. The third-order valence-corrected chi connectivity index (χ3v) is 5.61. The monoisotopic (exact) mass is 380 g/mol. The lowest BCUT2D eigenvalue weighted by atomic mass is 9.98. The molecule has 28 heavy (non-hydrogen) atoms. The highest BCUT2D eigenvalue weighted by Crippen LogP contribution is 2.24. The zero-order valence-corrected chi connectivity index (χ0v) is 17.5. The highest BCUT2D eigenvalue weighted by Gasteiger charge is 2.16. The van der Waals surface area contributed by atoms with Gasteiger partial charge in [-0.1, -0.05) is 36.8 Å². The number of nitrogens with zero attached hydrogens (tertiary/aromatic N) is 1. The second-order valence-corrected chi connectivity index (χ2v) is 8.11. The highest BCUT2D eigenvalue weighted by molar-refractivity contribution is 5.78. The standard InChI is InChI=1S/C24H32N2O2/c1-17-11-13-26(14-12-17)22-8-6-21(7-9-22)20(4)25-24(27)16-28-23-10-5-18(2)15-19(23)3/h5-10,15,17,20H,11-14,16H2,1-4H3,(H,25,27). The minimum Gasteiger partial charge on any atom is -0.484 e. The summed E-state index contributed by atoms with van der Waals surface area (Å²) in [5.74, 6) is 1.48. The Bertz CT molecular complexity index is 793. The molecular formula is C24H32N2O2. The Kier molecular flexibility index (Phi) is 6.61. The van der Waals surface area contributed by atoms with Crippen LogP contribution in [0.25, 0.3) is 0 Å². The second kappa shape index (κ2) is 9.13. The molecule has 1 fully saturated rings. The number of aryl methyl sites for hydroxylation is 2. The molecule has 2 aromatic rings. The summed E-state index contributed by atoms with van der Waals surface area (Å²) in [5, 5.41) is 3.02. The molecule has 150 valence electrons. The molecule has 0 saturated carbocycles. The number of rotatable bonds is 6. The van der Waals surface area contributed by atoms with Crippen molar-refractivity contribution in [3.63, 3.8) is 0 Å². The van der Waals surface area contributed by atoms with Crippen molar-refractivity contribution in [2.75, 3.05) is 24.6 Å². The SMILES string of the molecule is Cc1ccc(OCC(=O)NC(C)c2ccc(N3CCC(C)CC3)cc2)c(C)c1. The topological polar surface area (TPSA) is 41.6 Å². The molecule has 0 spiro atoms. The maximum Gasteiger partial charge on any atom is 0.258 e. The fraction of sp³-hybridized carbons (Fsp3) is 0.458. The first-order chi connectivity index (χ1) is 13.4. The number of amides is 1. The lowest BCUT2D eigenvalue weighted by Crippen LogP contribution is -2.33. The van der Waals surface area contributed by atoms with Crippen molar-refractivity contribution in [3.05, 3.63) is 59.2 Å². The average molecular weight is 381 g/mol. The average Bonchev–Trinajstić information content (AvgIpc) is 2.68. The fourth-order valence-corrected chi connectivity index (χ4v) is 3.71. The summed E-state index contributed by atoms with van der Waals surface area (Å²) >= 11 is 0. The summed E-state index contributed by atoms with van der Waals surface area (Å²) in [7, 11) is 0. The maximum atomic E-state index is 12.3. The zero-order chi connectivity index (χ0) is 20.1. The van der Waals surface area contributed by atoms with Crippen LogP contribution in [0.15, 0.2) is 42.5 Å². The summed E-state index contributed by atoms with van der Waals surface area (Å²) in [5.41, 5.74) is 4.61. The van der Waals surface area contributed by atoms with Gasteiger partial charge in [-0.2, -0.15) is 0 Å². The van der Waals surface area contributed by atoms with Gasteiger partial charge in [-0.3, -0.25) is 4.79 Å². The van der Waals surface area contributed by atoms with Crippen molar-refractivity contribution in [2.45, 2.75) is 46.6 Å². The van der Waals surface area contributed by atoms with E-state index in [1.807, 2.05) is 32.9 Å². The van der Waals surface area contributed by atoms with Gasteiger partial charge in [-0.05, 0) is 68.9 Å². The summed E-state index contributed by atoms with van der Waals surface area (Å²) in [4.78, 5) is 14.7. The Morgan fingerprint density at radius 1 is 1.14 bits per heavy atom. The molecule has 4 nitrogen and oxygen atoms in total. The van der Waals surface area contributed by atoms with Gasteiger partial charge in [0.05, 0.1) is 6.04 Å². The molecule has 0 aromatic heterocycles. The van der Waals surface area contributed by atoms with E-state index in [1.54, 1.807) is 0 Å². The van der Waals surface area contributed by atoms with E-state index in [2.05, 4.69) is 47.5 Å². The lowest BCUT2D eigenvalue weighted by molar-refractivity contribution is -0.123. The van der Waals surface area contributed by atoms with Gasteiger partial charge in [-0.25, -0.2) is 0 Å². The van der Waals surface area contributed by atoms with Crippen LogP contribution in [-0.4, -0.2) is 25.6 Å². The van der Waals surface area contributed by atoms with E-state index < -0.39 is 0 Å². The number of carbonyl (C=O) groups is 1. The predicted molar refractivity (Wildman–Crippen MR) is 115 cm³/mol. The Morgan fingerprint density at radius 3 is 2.46 bits per heavy atom. The van der Waals surface area contributed by atoms with E-state index in [0.29, 0.717) is 0 Å². The molecule has 1 atom stereocenters. The minimum atomic E-state index is -0.110. The van der Waals surface area contributed by atoms with Crippen LogP contribution in [0.3, 0.4) is 0 Å². The Morgan fingerprint density at radius 2 is 1.82 bits per heavy atom. The van der Waals surface area contributed by atoms with Crippen LogP contribution < -0.4 is 15.0 Å². The van der Waals surface area contributed by atoms with Crippen molar-refractivity contribution in [1.82, 2.24) is 5.32 Å². The molecule has 1 amide bonds. The van der Waals surface area contributed by atoms with Gasteiger partial charge in [-0.15, -0.1) is 0 Å². The number of hydrogen-bond donors (Lipinski definition) is 1. The third kappa shape index (κ3) is 5.28. The van der Waals surface area contributed by atoms with Gasteiger partial charge in [0.1, 0.15) is 5.75 Å². The number of benzene rings is 2. The number of anilines is 1. The normalized spacial score (nSPS) is 15.9. The van der Waals surface area contributed by atoms with Crippen molar-refractivity contribution in [3.8, 4) is 5.75 Å². The molecule has 1 N–H and O–H groups in total. The molecule has 4 heteroatoms. The molecule has 1 aliphatic heterocycles. The van der Waals surface area contributed by atoms with Crippen LogP contribution in [0.1, 0.15) is 49.4 Å². The van der Waals surface area contributed by atoms with Crippen LogP contribution >= 0.6 is 0 Å². The van der Waals surface area contributed by atoms with Crippen LogP contribution in [0.4, 0.5) is 5.69 Å². The largest absolute Gasteiger partial charge is 0.484 e. The molecule has 0 aliphatic carbocycles. The predicted octanol–water partition coefficient (Wildman–Crippen LogP) is 4.80. The Hall–Kier alpha value is -2.49. The van der Waals surface area contributed by atoms with Gasteiger partial charge in [0.2, 0.25) is 0 Å². The van der Waals surface area contributed by atoms with Crippen molar-refractivity contribution >= 4 is 11.6 Å². The molecule has 0 bridgehead atoms. The smallest absolute Gasteiger partial charge is 0.258 e. The number of nitrogens with one attached hydrogen (secondary N) is 1. The number of ether oxygens (including phenoxy) is 1. The summed E-state index contributed by atoms with van der Waals surface area (Å²) in [6.07, 6.45) is 2.52. The van der Waals surface area contributed by atoms with Gasteiger partial charge < -0.3 is 15.0 Å². The van der Waals surface area contributed by atoms with E-state index in [0.717, 1.165) is 35.9 Å². The van der Waals surface area contributed by atoms with E-state index >= 15 is 0 Å². The second-order valence-electron chi connectivity index (χ2n) is 8.11. The van der Waals surface area contributed by atoms with Crippen LogP contribution in [0, 0.1) is 19.8 Å². The molecule has 2 aromatic carbocycles. The van der Waals surface area contributed by atoms with Crippen molar-refractivity contribution in [1.29, 1.82) is 0 Å². The molecule has 3 rings (SSSR count). The molecule has 1 aliphatic rings. The van der Waals surface area contributed by atoms with E-state index in [-0.39, 0.29) is 18.6 Å². The third-order valence-electron chi connectivity index (χ3n) is 5.61. The molecule has 0 radical (unpaired) electrons. The molecular weight excluding hydrogens is 348 g/mol. The number of carbonyl (C=O) groups excluding carboxylic acids is 1. The lowest BCUT2D eigenvalue weighted by Gasteiger charge is -2.32. The number of piperidine rings is 1. The summed E-state index contributed by atoms with van der Waals surface area (Å²) < 4.78 is 5.68. The van der Waals surface area contributed by atoms with E-state index in [4.69, 9.17) is 4.74 Å². The maximum absolute atomic E-state index is 12.3. The van der Waals surface area contributed by atoms with Gasteiger partial charge in [0, 0.05) is 18.8 Å². The van der Waals surface area contributed by atoms with Gasteiger partial charge in [0.25, 0.3) is 5.91 Å². The van der Waals surface area contributed by atoms with Crippen LogP contribution in [0.2, 0.25) is 0 Å². The first-order valence-electron chi connectivity index (χ1n) is 10.3. The zero-order valence-electron chi connectivity index (χ0n) is 17.5.